The Hall–Kier alpha value is -2.50. The fourth-order valence-electron chi connectivity index (χ4n) is 1.56. The zero-order valence-electron chi connectivity index (χ0n) is 10.4. The zero-order valence-corrected chi connectivity index (χ0v) is 10.4. The molecular weight excluding hydrogens is 247 g/mol. The van der Waals surface area contributed by atoms with E-state index in [9.17, 15) is 9.18 Å². The van der Waals surface area contributed by atoms with Crippen molar-refractivity contribution in [2.45, 2.75) is 6.92 Å². The van der Waals surface area contributed by atoms with Gasteiger partial charge in [-0.3, -0.25) is 4.79 Å². The van der Waals surface area contributed by atoms with E-state index in [2.05, 4.69) is 22.0 Å². The number of aryl methyl sites for hydroxylation is 1. The number of hydrogen-bond acceptors (Lipinski definition) is 3. The first kappa shape index (κ1) is 12.9. The molecule has 0 bridgehead atoms. The molecule has 0 atom stereocenters. The SMILES string of the molecule is C=CCNC(=O)c1nc(C)n(-c2ccc(F)cc2)n1. The van der Waals surface area contributed by atoms with Gasteiger partial charge in [0.15, 0.2) is 0 Å². The lowest BCUT2D eigenvalue weighted by atomic mass is 10.3. The minimum atomic E-state index is -0.371. The smallest absolute Gasteiger partial charge is 0.291 e. The fraction of sp³-hybridized carbons (Fsp3) is 0.154. The molecule has 5 nitrogen and oxygen atoms in total. The number of nitrogens with one attached hydrogen (secondary N) is 1. The Bertz CT molecular complexity index is 604. The molecule has 0 radical (unpaired) electrons. The van der Waals surface area contributed by atoms with Crippen molar-refractivity contribution < 1.29 is 9.18 Å². The maximum absolute atomic E-state index is 12.9. The minimum absolute atomic E-state index is 0.0728. The molecule has 1 aromatic heterocycles. The van der Waals surface area contributed by atoms with Crippen molar-refractivity contribution in [3.05, 3.63) is 54.4 Å². The van der Waals surface area contributed by atoms with Gasteiger partial charge in [0.2, 0.25) is 5.82 Å². The molecule has 2 rings (SSSR count). The van der Waals surface area contributed by atoms with Crippen LogP contribution in [0.5, 0.6) is 0 Å². The number of halogens is 1. The number of amides is 1. The summed E-state index contributed by atoms with van der Waals surface area (Å²) in [6.07, 6.45) is 1.57. The monoisotopic (exact) mass is 260 g/mol. The van der Waals surface area contributed by atoms with E-state index in [1.165, 1.54) is 16.8 Å². The van der Waals surface area contributed by atoms with Crippen LogP contribution in [0.1, 0.15) is 16.4 Å². The van der Waals surface area contributed by atoms with Gasteiger partial charge in [-0.15, -0.1) is 11.7 Å². The van der Waals surface area contributed by atoms with E-state index in [1.807, 2.05) is 0 Å². The molecule has 0 saturated heterocycles. The van der Waals surface area contributed by atoms with Crippen LogP contribution >= 0.6 is 0 Å². The van der Waals surface area contributed by atoms with Crippen molar-refractivity contribution in [2.24, 2.45) is 0 Å². The van der Waals surface area contributed by atoms with Gasteiger partial charge in [-0.2, -0.15) is 0 Å². The van der Waals surface area contributed by atoms with Crippen LogP contribution < -0.4 is 5.32 Å². The molecule has 0 aliphatic heterocycles. The summed E-state index contributed by atoms with van der Waals surface area (Å²) in [7, 11) is 0. The Labute approximate surface area is 109 Å². The number of aromatic nitrogens is 3. The highest BCUT2D eigenvalue weighted by Crippen LogP contribution is 2.10. The predicted octanol–water partition coefficient (Wildman–Crippen LogP) is 1.63. The molecule has 0 aliphatic carbocycles. The second-order valence-corrected chi connectivity index (χ2v) is 3.87. The molecule has 0 saturated carbocycles. The molecule has 1 amide bonds. The van der Waals surface area contributed by atoms with Gasteiger partial charge >= 0.3 is 0 Å². The molecule has 19 heavy (non-hydrogen) atoms. The molecule has 0 fully saturated rings. The first-order valence-electron chi connectivity index (χ1n) is 5.70. The fourth-order valence-corrected chi connectivity index (χ4v) is 1.56. The summed E-state index contributed by atoms with van der Waals surface area (Å²) in [6, 6.07) is 5.80. The lowest BCUT2D eigenvalue weighted by Gasteiger charge is -2.01. The van der Waals surface area contributed by atoms with Crippen molar-refractivity contribution in [1.82, 2.24) is 20.1 Å². The quantitative estimate of drug-likeness (QED) is 0.850. The standard InChI is InChI=1S/C13H13FN4O/c1-3-8-15-13(19)12-16-9(2)18(17-12)11-6-4-10(14)5-7-11/h3-7H,1,8H2,2H3,(H,15,19). The van der Waals surface area contributed by atoms with Crippen molar-refractivity contribution in [1.29, 1.82) is 0 Å². The van der Waals surface area contributed by atoms with E-state index in [0.717, 1.165) is 0 Å². The van der Waals surface area contributed by atoms with Gasteiger partial charge in [-0.25, -0.2) is 14.1 Å². The maximum Gasteiger partial charge on any atom is 0.291 e. The summed E-state index contributed by atoms with van der Waals surface area (Å²) in [6.45, 7) is 5.58. The van der Waals surface area contributed by atoms with Crippen LogP contribution in [0.3, 0.4) is 0 Å². The summed E-state index contributed by atoms with van der Waals surface area (Å²) in [4.78, 5) is 15.8. The van der Waals surface area contributed by atoms with Crippen LogP contribution in [0.15, 0.2) is 36.9 Å². The average molecular weight is 260 g/mol. The maximum atomic E-state index is 12.9. The van der Waals surface area contributed by atoms with Crippen LogP contribution in [-0.4, -0.2) is 27.2 Å². The van der Waals surface area contributed by atoms with E-state index in [0.29, 0.717) is 18.1 Å². The zero-order chi connectivity index (χ0) is 13.8. The third-order valence-corrected chi connectivity index (χ3v) is 2.45. The van der Waals surface area contributed by atoms with Gasteiger partial charge < -0.3 is 5.32 Å². The number of rotatable bonds is 4. The van der Waals surface area contributed by atoms with E-state index in [1.54, 1.807) is 25.1 Å². The van der Waals surface area contributed by atoms with Gasteiger partial charge in [0.1, 0.15) is 11.6 Å². The summed E-state index contributed by atoms with van der Waals surface area (Å²) in [5.41, 5.74) is 0.647. The van der Waals surface area contributed by atoms with Gasteiger partial charge in [0, 0.05) is 6.54 Å². The van der Waals surface area contributed by atoms with Crippen molar-refractivity contribution in [3.8, 4) is 5.69 Å². The van der Waals surface area contributed by atoms with Crippen LogP contribution in [0.2, 0.25) is 0 Å². The highest BCUT2D eigenvalue weighted by Gasteiger charge is 2.14. The van der Waals surface area contributed by atoms with Crippen molar-refractivity contribution >= 4 is 5.91 Å². The Morgan fingerprint density at radius 1 is 1.47 bits per heavy atom. The van der Waals surface area contributed by atoms with E-state index in [-0.39, 0.29) is 17.5 Å². The molecule has 6 heteroatoms. The Morgan fingerprint density at radius 2 is 2.16 bits per heavy atom. The largest absolute Gasteiger partial charge is 0.346 e. The number of hydrogen-bond donors (Lipinski definition) is 1. The topological polar surface area (TPSA) is 59.8 Å². The Kier molecular flexibility index (Phi) is 3.70. The Balaban J connectivity index is 2.28. The molecular formula is C13H13FN4O. The van der Waals surface area contributed by atoms with E-state index < -0.39 is 0 Å². The average Bonchev–Trinajstić information content (AvgIpc) is 2.79. The van der Waals surface area contributed by atoms with E-state index in [4.69, 9.17) is 0 Å². The van der Waals surface area contributed by atoms with Gasteiger partial charge in [0.25, 0.3) is 5.91 Å². The Morgan fingerprint density at radius 3 is 2.79 bits per heavy atom. The molecule has 1 aromatic carbocycles. The highest BCUT2D eigenvalue weighted by molar-refractivity contribution is 5.90. The minimum Gasteiger partial charge on any atom is -0.346 e. The van der Waals surface area contributed by atoms with Gasteiger partial charge in [0.05, 0.1) is 5.69 Å². The molecule has 1 heterocycles. The molecule has 98 valence electrons. The third-order valence-electron chi connectivity index (χ3n) is 2.45. The number of nitrogens with zero attached hydrogens (tertiary/aromatic N) is 3. The van der Waals surface area contributed by atoms with Gasteiger partial charge in [-0.05, 0) is 31.2 Å². The second-order valence-electron chi connectivity index (χ2n) is 3.87. The normalized spacial score (nSPS) is 10.2. The summed E-state index contributed by atoms with van der Waals surface area (Å²) >= 11 is 0. The summed E-state index contributed by atoms with van der Waals surface area (Å²) in [5.74, 6) is -0.0756. The van der Waals surface area contributed by atoms with Crippen molar-refractivity contribution in [3.63, 3.8) is 0 Å². The lowest BCUT2D eigenvalue weighted by Crippen LogP contribution is -2.24. The van der Waals surface area contributed by atoms with Crippen LogP contribution in [0, 0.1) is 12.7 Å². The molecule has 2 aromatic rings. The summed E-state index contributed by atoms with van der Waals surface area (Å²) < 4.78 is 14.3. The second kappa shape index (κ2) is 5.43. The van der Waals surface area contributed by atoms with Gasteiger partial charge in [-0.1, -0.05) is 6.08 Å². The number of benzene rings is 1. The number of carbonyl (C=O) groups is 1. The van der Waals surface area contributed by atoms with E-state index >= 15 is 0 Å². The highest BCUT2D eigenvalue weighted by atomic mass is 19.1. The van der Waals surface area contributed by atoms with Crippen LogP contribution in [-0.2, 0) is 0 Å². The molecule has 0 aliphatic rings. The first-order chi connectivity index (χ1) is 9.11. The molecule has 0 spiro atoms. The first-order valence-corrected chi connectivity index (χ1v) is 5.70. The molecule has 0 unspecified atom stereocenters. The summed E-state index contributed by atoms with van der Waals surface area (Å²) in [5, 5.41) is 6.69. The van der Waals surface area contributed by atoms with Crippen LogP contribution in [0.4, 0.5) is 4.39 Å². The van der Waals surface area contributed by atoms with Crippen LogP contribution in [0.25, 0.3) is 5.69 Å². The third kappa shape index (κ3) is 2.85. The molecule has 1 N–H and O–H groups in total. The number of carbonyl (C=O) groups excluding carboxylic acids is 1. The lowest BCUT2D eigenvalue weighted by molar-refractivity contribution is 0.0947. The van der Waals surface area contributed by atoms with Crippen molar-refractivity contribution in [2.75, 3.05) is 6.54 Å². The predicted molar refractivity (Wildman–Crippen MR) is 68.6 cm³/mol.